The molecular weight excluding hydrogens is 388 g/mol. The lowest BCUT2D eigenvalue weighted by Crippen LogP contribution is -2.27. The minimum atomic E-state index is -0.391. The Kier molecular flexibility index (Phi) is 6.71. The Hall–Kier alpha value is -3.66. The molecule has 1 amide bonds. The number of amides is 1. The van der Waals surface area contributed by atoms with Gasteiger partial charge in [-0.3, -0.25) is 4.79 Å². The van der Waals surface area contributed by atoms with Gasteiger partial charge in [0.25, 0.3) is 5.91 Å². The zero-order valence-corrected chi connectivity index (χ0v) is 18.7. The van der Waals surface area contributed by atoms with Gasteiger partial charge in [-0.1, -0.05) is 17.7 Å². The van der Waals surface area contributed by atoms with E-state index in [0.717, 1.165) is 28.5 Å². The molecule has 1 aromatic carbocycles. The predicted molar refractivity (Wildman–Crippen MR) is 121 cm³/mol. The number of aromatic nitrogens is 4. The number of nitrogens with one attached hydrogen (secondary N) is 1. The zero-order valence-electron chi connectivity index (χ0n) is 18.7. The van der Waals surface area contributed by atoms with Crippen molar-refractivity contribution in [2.45, 2.75) is 47.1 Å². The second-order valence-electron chi connectivity index (χ2n) is 7.92. The lowest BCUT2D eigenvalue weighted by Gasteiger charge is -2.10. The first-order valence-electron chi connectivity index (χ1n) is 10.4. The van der Waals surface area contributed by atoms with Gasteiger partial charge >= 0.3 is 0 Å². The van der Waals surface area contributed by atoms with Crippen LogP contribution in [0.3, 0.4) is 0 Å². The highest BCUT2D eigenvalue weighted by molar-refractivity contribution is 6.01. The first kappa shape index (κ1) is 22.0. The van der Waals surface area contributed by atoms with Gasteiger partial charge in [0.05, 0.1) is 0 Å². The van der Waals surface area contributed by atoms with E-state index in [-0.39, 0.29) is 11.6 Å². The summed E-state index contributed by atoms with van der Waals surface area (Å²) in [7, 11) is 0. The van der Waals surface area contributed by atoms with E-state index < -0.39 is 5.91 Å². The molecule has 160 valence electrons. The van der Waals surface area contributed by atoms with Crippen molar-refractivity contribution < 1.29 is 4.79 Å². The Balaban J connectivity index is 1.74. The fourth-order valence-electron chi connectivity index (χ4n) is 3.59. The van der Waals surface area contributed by atoms with Crippen molar-refractivity contribution in [1.29, 1.82) is 5.26 Å². The van der Waals surface area contributed by atoms with Crippen LogP contribution in [0, 0.1) is 32.1 Å². The van der Waals surface area contributed by atoms with Crippen molar-refractivity contribution in [3.05, 3.63) is 70.6 Å². The van der Waals surface area contributed by atoms with Crippen LogP contribution in [0.5, 0.6) is 0 Å². The summed E-state index contributed by atoms with van der Waals surface area (Å²) in [5.41, 5.74) is 5.20. The summed E-state index contributed by atoms with van der Waals surface area (Å²) in [6, 6.07) is 12.5. The number of rotatable bonds is 7. The van der Waals surface area contributed by atoms with Crippen LogP contribution in [0.25, 0.3) is 11.8 Å². The number of benzene rings is 1. The molecule has 0 bridgehead atoms. The van der Waals surface area contributed by atoms with Crippen LogP contribution in [0.2, 0.25) is 0 Å². The molecule has 0 unspecified atom stereocenters. The molecular formula is C24H28N6O. The van der Waals surface area contributed by atoms with Gasteiger partial charge < -0.3 is 14.5 Å². The van der Waals surface area contributed by atoms with Gasteiger partial charge in [-0.15, -0.1) is 10.2 Å². The van der Waals surface area contributed by atoms with Crippen LogP contribution in [0.4, 0.5) is 0 Å². The predicted octanol–water partition coefficient (Wildman–Crippen LogP) is 3.84. The first-order valence-corrected chi connectivity index (χ1v) is 10.4. The molecule has 2 aromatic heterocycles. The minimum absolute atomic E-state index is 0.0782. The van der Waals surface area contributed by atoms with Crippen molar-refractivity contribution in [1.82, 2.24) is 24.6 Å². The number of carbonyl (C=O) groups excluding carboxylic acids is 1. The standard InChI is InChI=1S/C24H28N6O/c1-16(2)29-15-27-28-23(29)10-11-26-24(31)21(14-25)13-20-12-18(4)30(19(20)5)22-8-6-17(3)7-9-22/h6-9,12-13,15-16H,10-11H2,1-5H3,(H,26,31)/b21-13+. The van der Waals surface area contributed by atoms with Gasteiger partial charge in [0, 0.05) is 36.1 Å². The molecule has 2 heterocycles. The Morgan fingerprint density at radius 2 is 1.94 bits per heavy atom. The van der Waals surface area contributed by atoms with Gasteiger partial charge in [0.1, 0.15) is 23.8 Å². The van der Waals surface area contributed by atoms with E-state index in [4.69, 9.17) is 0 Å². The topological polar surface area (TPSA) is 88.5 Å². The van der Waals surface area contributed by atoms with E-state index in [9.17, 15) is 10.1 Å². The summed E-state index contributed by atoms with van der Waals surface area (Å²) < 4.78 is 4.09. The second kappa shape index (κ2) is 9.43. The quantitative estimate of drug-likeness (QED) is 0.468. The molecule has 31 heavy (non-hydrogen) atoms. The van der Waals surface area contributed by atoms with E-state index in [1.807, 2.05) is 30.6 Å². The molecule has 0 atom stereocenters. The summed E-state index contributed by atoms with van der Waals surface area (Å²) in [5.74, 6) is 0.415. The molecule has 3 rings (SSSR count). The first-order chi connectivity index (χ1) is 14.8. The highest BCUT2D eigenvalue weighted by Crippen LogP contribution is 2.23. The molecule has 0 spiro atoms. The lowest BCUT2D eigenvalue weighted by atomic mass is 10.1. The maximum atomic E-state index is 12.6. The number of aryl methyl sites for hydroxylation is 2. The average Bonchev–Trinajstić information content (AvgIpc) is 3.31. The van der Waals surface area contributed by atoms with Crippen LogP contribution >= 0.6 is 0 Å². The number of hydrogen-bond donors (Lipinski definition) is 1. The van der Waals surface area contributed by atoms with E-state index in [1.165, 1.54) is 5.56 Å². The smallest absolute Gasteiger partial charge is 0.261 e. The number of hydrogen-bond acceptors (Lipinski definition) is 4. The largest absolute Gasteiger partial charge is 0.351 e. The van der Waals surface area contributed by atoms with Crippen molar-refractivity contribution in [2.75, 3.05) is 6.54 Å². The van der Waals surface area contributed by atoms with Gasteiger partial charge in [-0.05, 0) is 64.5 Å². The van der Waals surface area contributed by atoms with E-state index >= 15 is 0 Å². The van der Waals surface area contributed by atoms with Gasteiger partial charge in [0.2, 0.25) is 0 Å². The fourth-order valence-corrected chi connectivity index (χ4v) is 3.59. The monoisotopic (exact) mass is 416 g/mol. The molecule has 0 radical (unpaired) electrons. The van der Waals surface area contributed by atoms with Crippen molar-refractivity contribution in [3.63, 3.8) is 0 Å². The molecule has 1 N–H and O–H groups in total. The molecule has 0 saturated heterocycles. The maximum Gasteiger partial charge on any atom is 0.261 e. The number of nitriles is 1. The summed E-state index contributed by atoms with van der Waals surface area (Å²) in [4.78, 5) is 12.6. The summed E-state index contributed by atoms with van der Waals surface area (Å²) in [6.07, 6.45) is 3.88. The second-order valence-corrected chi connectivity index (χ2v) is 7.92. The molecule has 0 fully saturated rings. The highest BCUT2D eigenvalue weighted by atomic mass is 16.1. The Labute approximate surface area is 183 Å². The summed E-state index contributed by atoms with van der Waals surface area (Å²) in [5, 5.41) is 20.4. The van der Waals surface area contributed by atoms with Crippen LogP contribution < -0.4 is 5.32 Å². The zero-order chi connectivity index (χ0) is 22.5. The van der Waals surface area contributed by atoms with Crippen molar-refractivity contribution in [2.24, 2.45) is 0 Å². The molecule has 0 aliphatic rings. The fraction of sp³-hybridized carbons (Fsp3) is 0.333. The number of carbonyl (C=O) groups is 1. The third-order valence-corrected chi connectivity index (χ3v) is 5.27. The maximum absolute atomic E-state index is 12.6. The molecule has 7 nitrogen and oxygen atoms in total. The third kappa shape index (κ3) is 4.92. The van der Waals surface area contributed by atoms with Gasteiger partial charge in [0.15, 0.2) is 0 Å². The van der Waals surface area contributed by atoms with Crippen LogP contribution in [0.1, 0.15) is 48.2 Å². The SMILES string of the molecule is Cc1ccc(-n2c(C)cc(/C=C(\C#N)C(=O)NCCc3nncn3C(C)C)c2C)cc1. The van der Waals surface area contributed by atoms with Gasteiger partial charge in [-0.25, -0.2) is 0 Å². The van der Waals surface area contributed by atoms with E-state index in [2.05, 4.69) is 65.1 Å². The minimum Gasteiger partial charge on any atom is -0.351 e. The van der Waals surface area contributed by atoms with Crippen molar-refractivity contribution >= 4 is 12.0 Å². The molecule has 7 heteroatoms. The van der Waals surface area contributed by atoms with Crippen molar-refractivity contribution in [3.8, 4) is 11.8 Å². The number of nitrogens with zero attached hydrogens (tertiary/aromatic N) is 5. The lowest BCUT2D eigenvalue weighted by molar-refractivity contribution is -0.117. The van der Waals surface area contributed by atoms with E-state index in [1.54, 1.807) is 12.4 Å². The normalized spacial score (nSPS) is 11.6. The van der Waals surface area contributed by atoms with Crippen LogP contribution in [-0.4, -0.2) is 31.8 Å². The molecule has 0 aliphatic heterocycles. The Bertz CT molecular complexity index is 1140. The van der Waals surface area contributed by atoms with Crippen LogP contribution in [-0.2, 0) is 11.2 Å². The highest BCUT2D eigenvalue weighted by Gasteiger charge is 2.14. The average molecular weight is 417 g/mol. The summed E-state index contributed by atoms with van der Waals surface area (Å²) in [6.45, 7) is 10.5. The molecule has 3 aromatic rings. The summed E-state index contributed by atoms with van der Waals surface area (Å²) >= 11 is 0. The van der Waals surface area contributed by atoms with Gasteiger partial charge in [-0.2, -0.15) is 5.26 Å². The Morgan fingerprint density at radius 1 is 1.23 bits per heavy atom. The molecule has 0 saturated carbocycles. The van der Waals surface area contributed by atoms with E-state index in [0.29, 0.717) is 13.0 Å². The molecule has 0 aliphatic carbocycles. The Morgan fingerprint density at radius 3 is 2.58 bits per heavy atom. The van der Waals surface area contributed by atoms with Crippen LogP contribution in [0.15, 0.2) is 42.2 Å². The third-order valence-electron chi connectivity index (χ3n) is 5.27.